The van der Waals surface area contributed by atoms with Gasteiger partial charge in [-0.05, 0) is 51.8 Å². The average Bonchev–Trinajstić information content (AvgIpc) is 3.15. The molecule has 1 aliphatic heterocycles. The molecule has 1 aromatic carbocycles. The summed E-state index contributed by atoms with van der Waals surface area (Å²) in [7, 11) is 0. The minimum absolute atomic E-state index is 0.157. The molecule has 2 aromatic heterocycles. The van der Waals surface area contributed by atoms with E-state index in [1.807, 2.05) is 36.4 Å². The third-order valence-corrected chi connectivity index (χ3v) is 4.13. The van der Waals surface area contributed by atoms with E-state index in [-0.39, 0.29) is 6.04 Å². The number of halogens is 2. The van der Waals surface area contributed by atoms with E-state index in [2.05, 4.69) is 37.4 Å². The van der Waals surface area contributed by atoms with Gasteiger partial charge >= 0.3 is 0 Å². The van der Waals surface area contributed by atoms with E-state index in [1.54, 1.807) is 4.68 Å². The molecule has 3 heterocycles. The molecule has 0 radical (unpaired) electrons. The first-order valence-corrected chi connectivity index (χ1v) is 7.77. The number of fused-ring (bicyclic) bond motifs is 1. The van der Waals surface area contributed by atoms with Crippen LogP contribution in [0.15, 0.2) is 57.9 Å². The zero-order valence-electron chi connectivity index (χ0n) is 11.2. The minimum atomic E-state index is -0.157. The van der Waals surface area contributed by atoms with Gasteiger partial charge in [0.05, 0.1) is 0 Å². The third kappa shape index (κ3) is 2.34. The van der Waals surface area contributed by atoms with Crippen LogP contribution in [-0.4, -0.2) is 14.8 Å². The fourth-order valence-electron chi connectivity index (χ4n) is 2.42. The first kappa shape index (κ1) is 13.6. The lowest BCUT2D eigenvalue weighted by molar-refractivity contribution is 0.434. The van der Waals surface area contributed by atoms with Crippen molar-refractivity contribution in [3.8, 4) is 0 Å². The Hall–Kier alpha value is -2.05. The lowest BCUT2D eigenvalue weighted by Gasteiger charge is -2.22. The van der Waals surface area contributed by atoms with E-state index in [4.69, 9.17) is 16.0 Å². The van der Waals surface area contributed by atoms with Gasteiger partial charge in [-0.2, -0.15) is 10.1 Å². The summed E-state index contributed by atoms with van der Waals surface area (Å²) in [5.41, 5.74) is 1.96. The highest BCUT2D eigenvalue weighted by molar-refractivity contribution is 9.10. The summed E-state index contributed by atoms with van der Waals surface area (Å²) < 4.78 is 8.15. The van der Waals surface area contributed by atoms with E-state index >= 15 is 0 Å². The Balaban J connectivity index is 1.80. The summed E-state index contributed by atoms with van der Waals surface area (Å²) >= 11 is 9.29. The van der Waals surface area contributed by atoms with Crippen LogP contribution in [0.25, 0.3) is 5.70 Å². The first-order valence-electron chi connectivity index (χ1n) is 6.60. The lowest BCUT2D eigenvalue weighted by atomic mass is 10.1. The van der Waals surface area contributed by atoms with Crippen LogP contribution in [0.5, 0.6) is 0 Å². The Labute approximate surface area is 139 Å². The van der Waals surface area contributed by atoms with Crippen LogP contribution in [-0.2, 0) is 0 Å². The molecule has 1 aliphatic rings. The Kier molecular flexibility index (Phi) is 3.28. The molecule has 0 spiro atoms. The van der Waals surface area contributed by atoms with Gasteiger partial charge in [-0.1, -0.05) is 23.7 Å². The summed E-state index contributed by atoms with van der Waals surface area (Å²) in [5, 5.41) is 8.24. The second-order valence-corrected chi connectivity index (χ2v) is 6.05. The van der Waals surface area contributed by atoms with Crippen molar-refractivity contribution >= 4 is 39.2 Å². The molecule has 1 atom stereocenters. The van der Waals surface area contributed by atoms with E-state index in [9.17, 15) is 0 Å². The normalized spacial score (nSPS) is 16.8. The van der Waals surface area contributed by atoms with Crippen LogP contribution in [0.1, 0.15) is 17.4 Å². The van der Waals surface area contributed by atoms with Gasteiger partial charge in [0.25, 0.3) is 0 Å². The van der Waals surface area contributed by atoms with Gasteiger partial charge in [-0.3, -0.25) is 0 Å². The van der Waals surface area contributed by atoms with Gasteiger partial charge in [0.2, 0.25) is 5.95 Å². The van der Waals surface area contributed by atoms with Crippen LogP contribution >= 0.6 is 27.5 Å². The number of furan rings is 1. The number of nitrogens with one attached hydrogen (secondary N) is 1. The van der Waals surface area contributed by atoms with Crippen molar-refractivity contribution in [3.63, 3.8) is 0 Å². The summed E-state index contributed by atoms with van der Waals surface area (Å²) in [4.78, 5) is 4.25. The highest BCUT2D eigenvalue weighted by Crippen LogP contribution is 2.33. The molecular weight excluding hydrogens is 368 g/mol. The zero-order valence-corrected chi connectivity index (χ0v) is 13.5. The highest BCUT2D eigenvalue weighted by Gasteiger charge is 2.25. The molecule has 110 valence electrons. The second-order valence-electron chi connectivity index (χ2n) is 4.83. The fraction of sp³-hybridized carbons (Fsp3) is 0.0667. The number of allylic oxidation sites excluding steroid dienone is 1. The Morgan fingerprint density at radius 1 is 1.18 bits per heavy atom. The average molecular weight is 378 g/mol. The van der Waals surface area contributed by atoms with Gasteiger partial charge in [-0.15, -0.1) is 0 Å². The van der Waals surface area contributed by atoms with Crippen molar-refractivity contribution in [3.05, 3.63) is 69.8 Å². The number of nitrogens with zero attached hydrogens (tertiary/aromatic N) is 3. The minimum Gasteiger partial charge on any atom is -0.452 e. The molecule has 0 saturated heterocycles. The van der Waals surface area contributed by atoms with E-state index in [0.717, 1.165) is 17.0 Å². The Bertz CT molecular complexity index is 853. The van der Waals surface area contributed by atoms with E-state index in [1.165, 1.54) is 6.33 Å². The van der Waals surface area contributed by atoms with Crippen LogP contribution in [0, 0.1) is 0 Å². The van der Waals surface area contributed by atoms with Crippen LogP contribution in [0.4, 0.5) is 5.95 Å². The molecule has 0 bridgehead atoms. The molecule has 5 nitrogen and oxygen atoms in total. The SMILES string of the molecule is Clc1ccc(C2=CC(c3ccc(Br)o3)n3ncnc3N2)cc1. The number of hydrogen-bond acceptors (Lipinski definition) is 4. The number of aromatic nitrogens is 3. The molecule has 0 saturated carbocycles. The van der Waals surface area contributed by atoms with Gasteiger partial charge in [0, 0.05) is 10.7 Å². The summed E-state index contributed by atoms with van der Waals surface area (Å²) in [6, 6.07) is 11.3. The molecule has 22 heavy (non-hydrogen) atoms. The number of anilines is 1. The second kappa shape index (κ2) is 5.30. The predicted octanol–water partition coefficient (Wildman–Crippen LogP) is 4.34. The zero-order chi connectivity index (χ0) is 15.1. The van der Waals surface area contributed by atoms with Crippen LogP contribution < -0.4 is 5.32 Å². The van der Waals surface area contributed by atoms with Crippen molar-refractivity contribution in [2.45, 2.75) is 6.04 Å². The predicted molar refractivity (Wildman–Crippen MR) is 87.6 cm³/mol. The van der Waals surface area contributed by atoms with Crippen LogP contribution in [0.3, 0.4) is 0 Å². The molecule has 1 unspecified atom stereocenters. The first-order chi connectivity index (χ1) is 10.7. The number of hydrogen-bond donors (Lipinski definition) is 1. The smallest absolute Gasteiger partial charge is 0.226 e. The van der Waals surface area contributed by atoms with Crippen molar-refractivity contribution in [1.82, 2.24) is 14.8 Å². The lowest BCUT2D eigenvalue weighted by Crippen LogP contribution is -2.19. The molecular formula is C15H10BrClN4O. The number of rotatable bonds is 2. The Morgan fingerprint density at radius 3 is 2.73 bits per heavy atom. The molecule has 3 aromatic rings. The summed E-state index contributed by atoms with van der Waals surface area (Å²) in [6.45, 7) is 0. The topological polar surface area (TPSA) is 55.9 Å². The molecule has 1 N–H and O–H groups in total. The Morgan fingerprint density at radius 2 is 2.00 bits per heavy atom. The van der Waals surface area contributed by atoms with Crippen molar-refractivity contribution in [2.75, 3.05) is 5.32 Å². The highest BCUT2D eigenvalue weighted by atomic mass is 79.9. The number of benzene rings is 1. The van der Waals surface area contributed by atoms with Gasteiger partial charge in [0.15, 0.2) is 4.67 Å². The maximum absolute atomic E-state index is 5.95. The largest absolute Gasteiger partial charge is 0.452 e. The van der Waals surface area contributed by atoms with Gasteiger partial charge < -0.3 is 9.73 Å². The van der Waals surface area contributed by atoms with Crippen molar-refractivity contribution < 1.29 is 4.42 Å². The van der Waals surface area contributed by atoms with Crippen LogP contribution in [0.2, 0.25) is 5.02 Å². The molecule has 0 amide bonds. The standard InChI is InChI=1S/C15H10BrClN4O/c16-14-6-5-13(22-14)12-7-11(9-1-3-10(17)4-2-9)20-15-18-8-19-21(12)15/h1-8,12H,(H,18,19,20). The monoisotopic (exact) mass is 376 g/mol. The maximum Gasteiger partial charge on any atom is 0.226 e. The quantitative estimate of drug-likeness (QED) is 0.721. The molecule has 4 rings (SSSR count). The van der Waals surface area contributed by atoms with Gasteiger partial charge in [0.1, 0.15) is 18.1 Å². The summed E-state index contributed by atoms with van der Waals surface area (Å²) in [5.74, 6) is 1.46. The summed E-state index contributed by atoms with van der Waals surface area (Å²) in [6.07, 6.45) is 3.57. The van der Waals surface area contributed by atoms with Crippen molar-refractivity contribution in [2.24, 2.45) is 0 Å². The maximum atomic E-state index is 5.95. The van der Waals surface area contributed by atoms with E-state index in [0.29, 0.717) is 15.6 Å². The third-order valence-electron chi connectivity index (χ3n) is 3.45. The fourth-order valence-corrected chi connectivity index (χ4v) is 2.87. The molecule has 0 fully saturated rings. The van der Waals surface area contributed by atoms with Gasteiger partial charge in [-0.25, -0.2) is 4.68 Å². The van der Waals surface area contributed by atoms with Crippen molar-refractivity contribution in [1.29, 1.82) is 0 Å². The molecule has 7 heteroatoms. The molecule has 0 aliphatic carbocycles. The van der Waals surface area contributed by atoms with E-state index < -0.39 is 0 Å².